The number of fused-ring (bicyclic) bond motifs is 1. The number of non-ortho nitro benzene ring substituents is 1. The van der Waals surface area contributed by atoms with Crippen molar-refractivity contribution in [3.63, 3.8) is 0 Å². The van der Waals surface area contributed by atoms with Crippen molar-refractivity contribution in [3.8, 4) is 0 Å². The lowest BCUT2D eigenvalue weighted by Gasteiger charge is -2.07. The Morgan fingerprint density at radius 2 is 2.04 bits per heavy atom. The summed E-state index contributed by atoms with van der Waals surface area (Å²) in [6.07, 6.45) is 1.40. The van der Waals surface area contributed by atoms with Gasteiger partial charge in [0.1, 0.15) is 5.82 Å². The van der Waals surface area contributed by atoms with E-state index in [1.807, 2.05) is 0 Å². The predicted octanol–water partition coefficient (Wildman–Crippen LogP) is 3.24. The van der Waals surface area contributed by atoms with E-state index in [0.29, 0.717) is 22.7 Å². The molecule has 1 aromatic heterocycles. The molecule has 0 radical (unpaired) electrons. The Kier molecular flexibility index (Phi) is 4.57. The molecule has 0 saturated heterocycles. The van der Waals surface area contributed by atoms with Crippen molar-refractivity contribution in [1.29, 1.82) is 0 Å². The standard InChI is InChI=1S/C16H12FN3O3S/c17-13-3-1-2-4-15(13)24-8-7-19-10-18-14-6-5-11(20(22)23)9-12(14)16(19)21/h1-6,9-10H,7-8H2. The van der Waals surface area contributed by atoms with Gasteiger partial charge in [0.2, 0.25) is 0 Å². The van der Waals surface area contributed by atoms with Crippen molar-refractivity contribution < 1.29 is 9.31 Å². The number of aryl methyl sites for hydroxylation is 1. The van der Waals surface area contributed by atoms with Crippen LogP contribution in [-0.4, -0.2) is 20.2 Å². The van der Waals surface area contributed by atoms with Crippen molar-refractivity contribution in [2.75, 3.05) is 5.75 Å². The molecule has 24 heavy (non-hydrogen) atoms. The molecule has 3 aromatic rings. The maximum absolute atomic E-state index is 13.6. The predicted molar refractivity (Wildman–Crippen MR) is 89.8 cm³/mol. The quantitative estimate of drug-likeness (QED) is 0.403. The molecule has 0 bridgehead atoms. The van der Waals surface area contributed by atoms with E-state index in [1.54, 1.807) is 18.2 Å². The average molecular weight is 345 g/mol. The van der Waals surface area contributed by atoms with Gasteiger partial charge in [-0.05, 0) is 18.2 Å². The van der Waals surface area contributed by atoms with Crippen LogP contribution >= 0.6 is 11.8 Å². The monoisotopic (exact) mass is 345 g/mol. The first kappa shape index (κ1) is 16.1. The lowest BCUT2D eigenvalue weighted by molar-refractivity contribution is -0.384. The first-order valence-corrected chi connectivity index (χ1v) is 8.06. The number of rotatable bonds is 5. The Morgan fingerprint density at radius 3 is 2.79 bits per heavy atom. The fraction of sp³-hybridized carbons (Fsp3) is 0.125. The molecule has 0 fully saturated rings. The Morgan fingerprint density at radius 1 is 1.25 bits per heavy atom. The summed E-state index contributed by atoms with van der Waals surface area (Å²) in [7, 11) is 0. The van der Waals surface area contributed by atoms with Gasteiger partial charge in [0.05, 0.1) is 22.2 Å². The molecular weight excluding hydrogens is 333 g/mol. The van der Waals surface area contributed by atoms with Gasteiger partial charge in [-0.15, -0.1) is 11.8 Å². The van der Waals surface area contributed by atoms with Crippen molar-refractivity contribution in [1.82, 2.24) is 9.55 Å². The molecule has 0 amide bonds. The SMILES string of the molecule is O=c1c2cc([N+](=O)[O-])ccc2ncn1CCSc1ccccc1F. The molecule has 0 aliphatic carbocycles. The first-order valence-electron chi connectivity index (χ1n) is 7.07. The van der Waals surface area contributed by atoms with Gasteiger partial charge in [-0.3, -0.25) is 19.5 Å². The fourth-order valence-electron chi connectivity index (χ4n) is 2.24. The highest BCUT2D eigenvalue weighted by molar-refractivity contribution is 7.99. The fourth-order valence-corrected chi connectivity index (χ4v) is 3.12. The van der Waals surface area contributed by atoms with Crippen molar-refractivity contribution >= 4 is 28.4 Å². The molecule has 0 N–H and O–H groups in total. The number of nitro groups is 1. The molecule has 1 heterocycles. The molecule has 3 rings (SSSR count). The van der Waals surface area contributed by atoms with E-state index in [2.05, 4.69) is 4.98 Å². The van der Waals surface area contributed by atoms with Crippen molar-refractivity contribution in [2.45, 2.75) is 11.4 Å². The van der Waals surface area contributed by atoms with Gasteiger partial charge in [0, 0.05) is 29.3 Å². The van der Waals surface area contributed by atoms with Crippen LogP contribution in [0.15, 0.2) is 58.5 Å². The molecule has 0 unspecified atom stereocenters. The van der Waals surface area contributed by atoms with Crippen molar-refractivity contribution in [2.24, 2.45) is 0 Å². The van der Waals surface area contributed by atoms with Gasteiger partial charge >= 0.3 is 0 Å². The highest BCUT2D eigenvalue weighted by Gasteiger charge is 2.11. The van der Waals surface area contributed by atoms with E-state index in [-0.39, 0.29) is 22.5 Å². The van der Waals surface area contributed by atoms with Gasteiger partial charge in [0.25, 0.3) is 11.2 Å². The van der Waals surface area contributed by atoms with Gasteiger partial charge in [-0.25, -0.2) is 9.37 Å². The molecule has 0 aliphatic rings. The summed E-state index contributed by atoms with van der Waals surface area (Å²) in [5, 5.41) is 11.0. The Balaban J connectivity index is 1.82. The van der Waals surface area contributed by atoms with E-state index in [9.17, 15) is 19.3 Å². The second-order valence-electron chi connectivity index (χ2n) is 4.98. The normalized spacial score (nSPS) is 10.9. The van der Waals surface area contributed by atoms with Crippen molar-refractivity contribution in [3.05, 3.63) is 75.1 Å². The van der Waals surface area contributed by atoms with Crippen LogP contribution in [0.4, 0.5) is 10.1 Å². The van der Waals surface area contributed by atoms with Gasteiger partial charge in [-0.1, -0.05) is 12.1 Å². The van der Waals surface area contributed by atoms with E-state index >= 15 is 0 Å². The van der Waals surface area contributed by atoms with Crippen LogP contribution in [0.5, 0.6) is 0 Å². The summed E-state index contributed by atoms with van der Waals surface area (Å²) in [6.45, 7) is 0.323. The van der Waals surface area contributed by atoms with Crippen LogP contribution in [0.1, 0.15) is 0 Å². The molecule has 0 spiro atoms. The Labute approximate surface area is 140 Å². The smallest absolute Gasteiger partial charge is 0.270 e. The third-order valence-electron chi connectivity index (χ3n) is 3.44. The second-order valence-corrected chi connectivity index (χ2v) is 6.12. The first-order chi connectivity index (χ1) is 11.6. The van der Waals surface area contributed by atoms with E-state index in [4.69, 9.17) is 0 Å². The molecule has 0 saturated carbocycles. The zero-order valence-electron chi connectivity index (χ0n) is 12.4. The number of thioether (sulfide) groups is 1. The highest BCUT2D eigenvalue weighted by Crippen LogP contribution is 2.21. The lowest BCUT2D eigenvalue weighted by Crippen LogP contribution is -2.21. The zero-order chi connectivity index (χ0) is 17.1. The summed E-state index contributed by atoms with van der Waals surface area (Å²) < 4.78 is 14.9. The summed E-state index contributed by atoms with van der Waals surface area (Å²) in [4.78, 5) is 27.4. The Hall–Kier alpha value is -2.74. The second kappa shape index (κ2) is 6.79. The number of aromatic nitrogens is 2. The van der Waals surface area contributed by atoms with Gasteiger partial charge < -0.3 is 0 Å². The zero-order valence-corrected chi connectivity index (χ0v) is 13.2. The maximum atomic E-state index is 13.6. The van der Waals surface area contributed by atoms with Crippen LogP contribution in [-0.2, 0) is 6.54 Å². The number of halogens is 1. The molecule has 6 nitrogen and oxygen atoms in total. The van der Waals surface area contributed by atoms with Crippen LogP contribution in [0, 0.1) is 15.9 Å². The molecule has 8 heteroatoms. The molecule has 2 aromatic carbocycles. The highest BCUT2D eigenvalue weighted by atomic mass is 32.2. The molecule has 122 valence electrons. The van der Waals surface area contributed by atoms with E-state index in [1.165, 1.54) is 46.9 Å². The number of nitrogens with zero attached hydrogens (tertiary/aromatic N) is 3. The average Bonchev–Trinajstić information content (AvgIpc) is 2.58. The largest absolute Gasteiger partial charge is 0.298 e. The third kappa shape index (κ3) is 3.28. The summed E-state index contributed by atoms with van der Waals surface area (Å²) in [5.41, 5.74) is -0.0960. The van der Waals surface area contributed by atoms with Gasteiger partial charge in [0.15, 0.2) is 0 Å². The molecule has 0 atom stereocenters. The number of hydrogen-bond donors (Lipinski definition) is 0. The van der Waals surface area contributed by atoms with E-state index in [0.717, 1.165) is 0 Å². The minimum atomic E-state index is -0.551. The molecular formula is C16H12FN3O3S. The molecule has 0 aliphatic heterocycles. The summed E-state index contributed by atoms with van der Waals surface area (Å²) in [5.74, 6) is 0.172. The maximum Gasteiger partial charge on any atom is 0.270 e. The number of hydrogen-bond acceptors (Lipinski definition) is 5. The number of benzene rings is 2. The van der Waals surface area contributed by atoms with E-state index < -0.39 is 4.92 Å². The van der Waals surface area contributed by atoms with Crippen LogP contribution in [0.25, 0.3) is 10.9 Å². The number of nitro benzene ring substituents is 1. The van der Waals surface area contributed by atoms with Crippen LogP contribution in [0.3, 0.4) is 0 Å². The minimum absolute atomic E-state index is 0.153. The Bertz CT molecular complexity index is 974. The van der Waals surface area contributed by atoms with Crippen LogP contribution < -0.4 is 5.56 Å². The third-order valence-corrected chi connectivity index (χ3v) is 4.47. The van der Waals surface area contributed by atoms with Gasteiger partial charge in [-0.2, -0.15) is 0 Å². The topological polar surface area (TPSA) is 78.0 Å². The summed E-state index contributed by atoms with van der Waals surface area (Å²) >= 11 is 1.29. The minimum Gasteiger partial charge on any atom is -0.298 e. The lowest BCUT2D eigenvalue weighted by atomic mass is 10.2. The summed E-state index contributed by atoms with van der Waals surface area (Å²) in [6, 6.07) is 10.4. The van der Waals surface area contributed by atoms with Crippen LogP contribution in [0.2, 0.25) is 0 Å².